The Morgan fingerprint density at radius 2 is 1.88 bits per heavy atom. The Morgan fingerprint density at radius 3 is 2.47 bits per heavy atom. The van der Waals surface area contributed by atoms with Crippen molar-refractivity contribution < 1.29 is 14.3 Å². The second-order valence-electron chi connectivity index (χ2n) is 4.15. The van der Waals surface area contributed by atoms with Gasteiger partial charge in [-0.25, -0.2) is 0 Å². The standard InChI is InChI=1S/C14H18O3/c1-4-17-14(16)9-13(15)12-8-6-5-7-11(12)10(2)3/h5-8,10H,4,9H2,1-3H3. The Labute approximate surface area is 102 Å². The summed E-state index contributed by atoms with van der Waals surface area (Å²) in [6, 6.07) is 7.39. The highest BCUT2D eigenvalue weighted by Gasteiger charge is 2.16. The van der Waals surface area contributed by atoms with E-state index in [4.69, 9.17) is 4.74 Å². The van der Waals surface area contributed by atoms with Crippen molar-refractivity contribution in [1.29, 1.82) is 0 Å². The van der Waals surface area contributed by atoms with Gasteiger partial charge in [-0.15, -0.1) is 0 Å². The van der Waals surface area contributed by atoms with E-state index in [2.05, 4.69) is 0 Å². The predicted octanol–water partition coefficient (Wildman–Crippen LogP) is 2.95. The number of ether oxygens (including phenoxy) is 1. The minimum absolute atomic E-state index is 0.173. The number of carbonyl (C=O) groups is 2. The van der Waals surface area contributed by atoms with Crippen LogP contribution in [0, 0.1) is 0 Å². The van der Waals surface area contributed by atoms with Gasteiger partial charge in [0.25, 0.3) is 0 Å². The van der Waals surface area contributed by atoms with E-state index in [0.29, 0.717) is 12.2 Å². The lowest BCUT2D eigenvalue weighted by atomic mass is 9.94. The number of carbonyl (C=O) groups excluding carboxylic acids is 2. The van der Waals surface area contributed by atoms with E-state index in [-0.39, 0.29) is 18.1 Å². The van der Waals surface area contributed by atoms with Crippen LogP contribution < -0.4 is 0 Å². The van der Waals surface area contributed by atoms with Crippen LogP contribution in [-0.4, -0.2) is 18.4 Å². The first-order chi connectivity index (χ1) is 8.06. The summed E-state index contributed by atoms with van der Waals surface area (Å²) in [5, 5.41) is 0. The molecular weight excluding hydrogens is 216 g/mol. The van der Waals surface area contributed by atoms with Crippen LogP contribution in [-0.2, 0) is 9.53 Å². The first kappa shape index (κ1) is 13.4. The van der Waals surface area contributed by atoms with E-state index < -0.39 is 5.97 Å². The van der Waals surface area contributed by atoms with Gasteiger partial charge in [-0.05, 0) is 18.4 Å². The zero-order valence-corrected chi connectivity index (χ0v) is 10.5. The van der Waals surface area contributed by atoms with Gasteiger partial charge in [-0.1, -0.05) is 38.1 Å². The molecule has 0 atom stereocenters. The first-order valence-corrected chi connectivity index (χ1v) is 5.84. The Balaban J connectivity index is 2.85. The van der Waals surface area contributed by atoms with Crippen molar-refractivity contribution in [3.8, 4) is 0 Å². The molecule has 0 aliphatic rings. The fourth-order valence-corrected chi connectivity index (χ4v) is 1.69. The number of esters is 1. The van der Waals surface area contributed by atoms with E-state index >= 15 is 0 Å². The molecule has 0 fully saturated rings. The third-order valence-electron chi connectivity index (χ3n) is 2.49. The molecule has 0 aliphatic heterocycles. The second kappa shape index (κ2) is 6.18. The molecule has 0 amide bonds. The molecule has 0 bridgehead atoms. The molecule has 17 heavy (non-hydrogen) atoms. The molecule has 3 nitrogen and oxygen atoms in total. The highest BCUT2D eigenvalue weighted by Crippen LogP contribution is 2.20. The zero-order valence-electron chi connectivity index (χ0n) is 10.5. The quantitative estimate of drug-likeness (QED) is 0.447. The minimum Gasteiger partial charge on any atom is -0.466 e. The van der Waals surface area contributed by atoms with E-state index in [0.717, 1.165) is 5.56 Å². The van der Waals surface area contributed by atoms with Crippen LogP contribution in [0.25, 0.3) is 0 Å². The molecule has 0 aliphatic carbocycles. The van der Waals surface area contributed by atoms with Crippen molar-refractivity contribution in [2.75, 3.05) is 6.61 Å². The fraction of sp³-hybridized carbons (Fsp3) is 0.429. The molecule has 0 radical (unpaired) electrons. The normalized spacial score (nSPS) is 10.4. The van der Waals surface area contributed by atoms with Gasteiger partial charge in [-0.3, -0.25) is 9.59 Å². The molecule has 1 aromatic carbocycles. The molecular formula is C14H18O3. The van der Waals surface area contributed by atoms with Crippen molar-refractivity contribution in [2.45, 2.75) is 33.1 Å². The monoisotopic (exact) mass is 234 g/mol. The summed E-state index contributed by atoms with van der Waals surface area (Å²) in [4.78, 5) is 23.2. The van der Waals surface area contributed by atoms with Gasteiger partial charge in [0, 0.05) is 5.56 Å². The molecule has 0 spiro atoms. The maximum absolute atomic E-state index is 12.0. The largest absolute Gasteiger partial charge is 0.466 e. The van der Waals surface area contributed by atoms with Crippen molar-refractivity contribution in [3.63, 3.8) is 0 Å². The van der Waals surface area contributed by atoms with Crippen LogP contribution in [0.4, 0.5) is 0 Å². The summed E-state index contributed by atoms with van der Waals surface area (Å²) in [7, 11) is 0. The van der Waals surface area contributed by atoms with Crippen LogP contribution in [0.5, 0.6) is 0 Å². The van der Waals surface area contributed by atoms with Crippen LogP contribution >= 0.6 is 0 Å². The van der Waals surface area contributed by atoms with E-state index in [1.54, 1.807) is 13.0 Å². The molecule has 3 heteroatoms. The summed E-state index contributed by atoms with van der Waals surface area (Å²) >= 11 is 0. The highest BCUT2D eigenvalue weighted by molar-refractivity contribution is 6.06. The molecule has 1 aromatic rings. The molecule has 0 aromatic heterocycles. The van der Waals surface area contributed by atoms with Gasteiger partial charge in [-0.2, -0.15) is 0 Å². The van der Waals surface area contributed by atoms with Crippen LogP contribution in [0.3, 0.4) is 0 Å². The number of ketones is 1. The summed E-state index contributed by atoms with van der Waals surface area (Å²) in [5.74, 6) is -0.374. The van der Waals surface area contributed by atoms with Gasteiger partial charge in [0.15, 0.2) is 5.78 Å². The van der Waals surface area contributed by atoms with Gasteiger partial charge in [0.05, 0.1) is 6.61 Å². The van der Waals surface area contributed by atoms with Gasteiger partial charge < -0.3 is 4.74 Å². The summed E-state index contributed by atoms with van der Waals surface area (Å²) < 4.78 is 4.77. The number of benzene rings is 1. The van der Waals surface area contributed by atoms with Gasteiger partial charge >= 0.3 is 5.97 Å². The van der Waals surface area contributed by atoms with Crippen LogP contribution in [0.2, 0.25) is 0 Å². The Hall–Kier alpha value is -1.64. The van der Waals surface area contributed by atoms with Crippen LogP contribution in [0.1, 0.15) is 49.0 Å². The van der Waals surface area contributed by atoms with Gasteiger partial charge in [0.2, 0.25) is 0 Å². The Bertz CT molecular complexity index is 408. The third kappa shape index (κ3) is 3.70. The molecule has 0 heterocycles. The number of rotatable bonds is 5. The number of Topliss-reactive ketones (excluding diaryl/α,β-unsaturated/α-hetero) is 1. The Morgan fingerprint density at radius 1 is 1.24 bits per heavy atom. The molecule has 0 saturated carbocycles. The smallest absolute Gasteiger partial charge is 0.313 e. The van der Waals surface area contributed by atoms with E-state index in [9.17, 15) is 9.59 Å². The molecule has 0 unspecified atom stereocenters. The molecule has 0 N–H and O–H groups in total. The van der Waals surface area contributed by atoms with Crippen molar-refractivity contribution in [3.05, 3.63) is 35.4 Å². The minimum atomic E-state index is -0.462. The lowest BCUT2D eigenvalue weighted by Gasteiger charge is -2.11. The summed E-state index contributed by atoms with van der Waals surface area (Å²) in [6.07, 6.45) is -0.183. The van der Waals surface area contributed by atoms with Crippen molar-refractivity contribution >= 4 is 11.8 Å². The summed E-state index contributed by atoms with van der Waals surface area (Å²) in [5.41, 5.74) is 1.59. The van der Waals surface area contributed by atoms with Crippen LogP contribution in [0.15, 0.2) is 24.3 Å². The maximum atomic E-state index is 12.0. The average Bonchev–Trinajstić information content (AvgIpc) is 2.29. The maximum Gasteiger partial charge on any atom is 0.313 e. The van der Waals surface area contributed by atoms with E-state index in [1.807, 2.05) is 32.0 Å². The molecule has 1 rings (SSSR count). The fourth-order valence-electron chi connectivity index (χ4n) is 1.69. The lowest BCUT2D eigenvalue weighted by Crippen LogP contribution is -2.13. The molecule has 92 valence electrons. The topological polar surface area (TPSA) is 43.4 Å². The number of hydrogen-bond donors (Lipinski definition) is 0. The van der Waals surface area contributed by atoms with Crippen molar-refractivity contribution in [2.24, 2.45) is 0 Å². The highest BCUT2D eigenvalue weighted by atomic mass is 16.5. The second-order valence-corrected chi connectivity index (χ2v) is 4.15. The lowest BCUT2D eigenvalue weighted by molar-refractivity contribution is -0.141. The Kier molecular flexibility index (Phi) is 4.88. The first-order valence-electron chi connectivity index (χ1n) is 5.84. The SMILES string of the molecule is CCOC(=O)CC(=O)c1ccccc1C(C)C. The van der Waals surface area contributed by atoms with Gasteiger partial charge in [0.1, 0.15) is 6.42 Å². The van der Waals surface area contributed by atoms with E-state index in [1.165, 1.54) is 0 Å². The van der Waals surface area contributed by atoms with Crippen molar-refractivity contribution in [1.82, 2.24) is 0 Å². The molecule has 0 saturated heterocycles. The zero-order chi connectivity index (χ0) is 12.8. The summed E-state index contributed by atoms with van der Waals surface area (Å²) in [6.45, 7) is 6.08. The number of hydrogen-bond acceptors (Lipinski definition) is 3. The predicted molar refractivity (Wildman–Crippen MR) is 66.1 cm³/mol. The third-order valence-corrected chi connectivity index (χ3v) is 2.49. The average molecular weight is 234 g/mol.